The zero-order valence-electron chi connectivity index (χ0n) is 7.94. The molecule has 0 aliphatic heterocycles. The van der Waals surface area contributed by atoms with Crippen molar-refractivity contribution in [3.8, 4) is 5.88 Å². The lowest BCUT2D eigenvalue weighted by molar-refractivity contribution is 0.448. The molecule has 2 heterocycles. The molecule has 2 aromatic rings. The van der Waals surface area contributed by atoms with Gasteiger partial charge in [0.15, 0.2) is 4.96 Å². The molecule has 0 atom stereocenters. The Morgan fingerprint density at radius 3 is 3.00 bits per heavy atom. The van der Waals surface area contributed by atoms with Crippen molar-refractivity contribution in [2.24, 2.45) is 0 Å². The topological polar surface area (TPSA) is 54.6 Å². The molecule has 14 heavy (non-hydrogen) atoms. The molecule has 2 aromatic heterocycles. The Labute approximate surface area is 84.5 Å². The smallest absolute Gasteiger partial charge is 0.265 e. The third kappa shape index (κ3) is 1.13. The molecule has 0 amide bonds. The maximum atomic E-state index is 11.8. The first-order valence-electron chi connectivity index (χ1n) is 4.33. The summed E-state index contributed by atoms with van der Waals surface area (Å²) in [6.45, 7) is 3.56. The van der Waals surface area contributed by atoms with Crippen LogP contribution in [0.5, 0.6) is 5.88 Å². The summed E-state index contributed by atoms with van der Waals surface area (Å²) in [5.41, 5.74) is 1.06. The van der Waals surface area contributed by atoms with Gasteiger partial charge < -0.3 is 5.11 Å². The van der Waals surface area contributed by atoms with Gasteiger partial charge in [-0.25, -0.2) is 0 Å². The first kappa shape index (κ1) is 9.21. The van der Waals surface area contributed by atoms with Crippen molar-refractivity contribution < 1.29 is 5.11 Å². The predicted octanol–water partition coefficient (Wildman–Crippen LogP) is 1.33. The molecule has 0 spiro atoms. The minimum Gasteiger partial charge on any atom is -0.493 e. The summed E-state index contributed by atoms with van der Waals surface area (Å²) in [6, 6.07) is 0. The number of hydrogen-bond acceptors (Lipinski definition) is 4. The molecule has 1 N–H and O–H groups in total. The van der Waals surface area contributed by atoms with Crippen molar-refractivity contribution in [3.63, 3.8) is 0 Å². The van der Waals surface area contributed by atoms with Crippen LogP contribution >= 0.6 is 11.3 Å². The van der Waals surface area contributed by atoms with Gasteiger partial charge in [-0.2, -0.15) is 4.98 Å². The van der Waals surface area contributed by atoms with Crippen molar-refractivity contribution >= 4 is 16.3 Å². The molecule has 0 aliphatic carbocycles. The number of fused-ring (bicyclic) bond motifs is 1. The Morgan fingerprint density at radius 2 is 2.36 bits per heavy atom. The second-order valence-corrected chi connectivity index (χ2v) is 3.90. The highest BCUT2D eigenvalue weighted by Gasteiger charge is 2.11. The second-order valence-electron chi connectivity index (χ2n) is 3.06. The molecule has 0 fully saturated rings. The fourth-order valence-electron chi connectivity index (χ4n) is 1.32. The van der Waals surface area contributed by atoms with Crippen LogP contribution in [0.4, 0.5) is 0 Å². The van der Waals surface area contributed by atoms with Gasteiger partial charge in [-0.05, 0) is 13.3 Å². The molecule has 2 rings (SSSR count). The number of nitrogens with zero attached hydrogens (tertiary/aromatic N) is 2. The van der Waals surface area contributed by atoms with Crippen LogP contribution in [0.2, 0.25) is 0 Å². The molecular weight excluding hydrogens is 200 g/mol. The van der Waals surface area contributed by atoms with Gasteiger partial charge in [-0.1, -0.05) is 6.92 Å². The molecular formula is C9H10N2O2S. The van der Waals surface area contributed by atoms with Gasteiger partial charge in [0, 0.05) is 11.1 Å². The van der Waals surface area contributed by atoms with Crippen LogP contribution in [-0.4, -0.2) is 14.5 Å². The summed E-state index contributed by atoms with van der Waals surface area (Å²) < 4.78 is 1.56. The number of aromatic nitrogens is 2. The number of rotatable bonds is 1. The van der Waals surface area contributed by atoms with Crippen LogP contribution in [-0.2, 0) is 6.42 Å². The highest BCUT2D eigenvalue weighted by molar-refractivity contribution is 7.15. The van der Waals surface area contributed by atoms with Crippen LogP contribution < -0.4 is 5.56 Å². The average Bonchev–Trinajstić information content (AvgIpc) is 2.57. The van der Waals surface area contributed by atoms with E-state index in [0.717, 1.165) is 12.1 Å². The van der Waals surface area contributed by atoms with Crippen molar-refractivity contribution in [3.05, 3.63) is 27.0 Å². The third-order valence-electron chi connectivity index (χ3n) is 2.20. The van der Waals surface area contributed by atoms with Crippen molar-refractivity contribution in [1.82, 2.24) is 9.38 Å². The van der Waals surface area contributed by atoms with E-state index in [1.54, 1.807) is 11.3 Å². The summed E-state index contributed by atoms with van der Waals surface area (Å²) in [6.07, 6.45) is 0.784. The lowest BCUT2D eigenvalue weighted by Crippen LogP contribution is -2.17. The Balaban J connectivity index is 2.96. The second kappa shape index (κ2) is 3.09. The van der Waals surface area contributed by atoms with Crippen LogP contribution in [0.1, 0.15) is 18.2 Å². The van der Waals surface area contributed by atoms with E-state index in [-0.39, 0.29) is 11.4 Å². The number of aryl methyl sites for hydroxylation is 1. The lowest BCUT2D eigenvalue weighted by Gasteiger charge is -2.00. The Hall–Kier alpha value is -1.36. The van der Waals surface area contributed by atoms with E-state index >= 15 is 0 Å². The van der Waals surface area contributed by atoms with Crippen LogP contribution in [0, 0.1) is 6.92 Å². The minimum atomic E-state index is -0.175. The summed E-state index contributed by atoms with van der Waals surface area (Å²) in [4.78, 5) is 16.3. The zero-order chi connectivity index (χ0) is 10.3. The Morgan fingerprint density at radius 1 is 1.64 bits per heavy atom. The molecule has 5 heteroatoms. The van der Waals surface area contributed by atoms with E-state index in [9.17, 15) is 9.90 Å². The molecule has 0 saturated heterocycles. The third-order valence-corrected chi connectivity index (χ3v) is 3.08. The standard InChI is InChI=1S/C9H10N2O2S/c1-3-6-4-14-9-10-7(12)5(2)8(13)11(6)9/h4,12H,3H2,1-2H3. The van der Waals surface area contributed by atoms with Crippen molar-refractivity contribution in [2.75, 3.05) is 0 Å². The van der Waals surface area contributed by atoms with Crippen LogP contribution in [0.15, 0.2) is 10.2 Å². The monoisotopic (exact) mass is 210 g/mol. The first-order chi connectivity index (χ1) is 6.65. The molecule has 0 aromatic carbocycles. The summed E-state index contributed by atoms with van der Waals surface area (Å²) in [5.74, 6) is -0.167. The highest BCUT2D eigenvalue weighted by Crippen LogP contribution is 2.17. The van der Waals surface area contributed by atoms with Crippen LogP contribution in [0.3, 0.4) is 0 Å². The highest BCUT2D eigenvalue weighted by atomic mass is 32.1. The van der Waals surface area contributed by atoms with Gasteiger partial charge in [-0.15, -0.1) is 11.3 Å². The normalized spacial score (nSPS) is 11.0. The quantitative estimate of drug-likeness (QED) is 0.772. The van der Waals surface area contributed by atoms with Gasteiger partial charge in [0.25, 0.3) is 5.56 Å². The largest absolute Gasteiger partial charge is 0.493 e. The Kier molecular flexibility index (Phi) is 2.03. The lowest BCUT2D eigenvalue weighted by atomic mass is 10.3. The SMILES string of the molecule is CCc1csc2nc(O)c(C)c(=O)n12. The average molecular weight is 210 g/mol. The van der Waals surface area contributed by atoms with E-state index in [4.69, 9.17) is 0 Å². The van der Waals surface area contributed by atoms with E-state index < -0.39 is 0 Å². The van der Waals surface area contributed by atoms with Crippen molar-refractivity contribution in [2.45, 2.75) is 20.3 Å². The summed E-state index contributed by atoms with van der Waals surface area (Å²) >= 11 is 1.37. The molecule has 4 nitrogen and oxygen atoms in total. The fourth-order valence-corrected chi connectivity index (χ4v) is 2.28. The minimum absolute atomic E-state index is 0.167. The number of hydrogen-bond donors (Lipinski definition) is 1. The summed E-state index contributed by atoms with van der Waals surface area (Å²) in [7, 11) is 0. The fraction of sp³-hybridized carbons (Fsp3) is 0.333. The maximum Gasteiger partial charge on any atom is 0.265 e. The maximum absolute atomic E-state index is 11.8. The summed E-state index contributed by atoms with van der Waals surface area (Å²) in [5, 5.41) is 11.3. The zero-order valence-corrected chi connectivity index (χ0v) is 8.76. The van der Waals surface area contributed by atoms with Gasteiger partial charge >= 0.3 is 0 Å². The van der Waals surface area contributed by atoms with Gasteiger partial charge in [-0.3, -0.25) is 9.20 Å². The predicted molar refractivity (Wildman–Crippen MR) is 55.1 cm³/mol. The van der Waals surface area contributed by atoms with E-state index in [2.05, 4.69) is 4.98 Å². The van der Waals surface area contributed by atoms with Crippen molar-refractivity contribution in [1.29, 1.82) is 0 Å². The van der Waals surface area contributed by atoms with E-state index in [1.165, 1.54) is 11.3 Å². The first-order valence-corrected chi connectivity index (χ1v) is 5.21. The molecule has 0 radical (unpaired) electrons. The van der Waals surface area contributed by atoms with E-state index in [1.807, 2.05) is 12.3 Å². The molecule has 0 bridgehead atoms. The molecule has 74 valence electrons. The van der Waals surface area contributed by atoms with Gasteiger partial charge in [0.05, 0.1) is 5.56 Å². The molecule has 0 saturated carbocycles. The number of thiazole rings is 1. The Bertz CT molecular complexity index is 541. The van der Waals surface area contributed by atoms with Crippen LogP contribution in [0.25, 0.3) is 4.96 Å². The molecule has 0 unspecified atom stereocenters. The van der Waals surface area contributed by atoms with Gasteiger partial charge in [0.1, 0.15) is 0 Å². The molecule has 0 aliphatic rings. The van der Waals surface area contributed by atoms with E-state index in [0.29, 0.717) is 10.5 Å². The number of aromatic hydroxyl groups is 1. The van der Waals surface area contributed by atoms with Gasteiger partial charge in [0.2, 0.25) is 5.88 Å².